The van der Waals surface area contributed by atoms with E-state index in [1.54, 1.807) is 37.6 Å². The van der Waals surface area contributed by atoms with Crippen LogP contribution in [0.25, 0.3) is 11.4 Å². The molecule has 6 nitrogen and oxygen atoms in total. The molecule has 3 aromatic rings. The number of aromatic nitrogens is 3. The van der Waals surface area contributed by atoms with E-state index >= 15 is 0 Å². The van der Waals surface area contributed by atoms with E-state index in [1.165, 1.54) is 12.1 Å². The minimum Gasteiger partial charge on any atom is -0.462 e. The lowest BCUT2D eigenvalue weighted by atomic mass is 10.2. The number of esters is 1. The van der Waals surface area contributed by atoms with Gasteiger partial charge in [-0.3, -0.25) is 4.98 Å². The predicted molar refractivity (Wildman–Crippen MR) is 98.2 cm³/mol. The highest BCUT2D eigenvalue weighted by molar-refractivity contribution is 5.90. The van der Waals surface area contributed by atoms with Crippen LogP contribution in [0, 0.1) is 5.82 Å². The number of nitrogens with zero attached hydrogens (tertiary/aromatic N) is 3. The summed E-state index contributed by atoms with van der Waals surface area (Å²) in [6.45, 7) is 1.93. The van der Waals surface area contributed by atoms with Gasteiger partial charge in [0.25, 0.3) is 0 Å². The second-order valence-electron chi connectivity index (χ2n) is 5.05. The molecule has 0 fully saturated rings. The standard InChI is InChI=1S/C18H15FN4O2.ClH/c1-2-25-18(24)12-5-6-15(14(19)10-12)22-16-7-9-21-17(23-16)13-4-3-8-20-11-13;/h3-11H,2H2,1H3,(H,21,22,23);1H. The van der Waals surface area contributed by atoms with Gasteiger partial charge in [-0.2, -0.15) is 0 Å². The highest BCUT2D eigenvalue weighted by Crippen LogP contribution is 2.22. The van der Waals surface area contributed by atoms with Crippen molar-refractivity contribution in [1.82, 2.24) is 15.0 Å². The molecular formula is C18H16ClFN4O2. The van der Waals surface area contributed by atoms with E-state index in [9.17, 15) is 9.18 Å². The van der Waals surface area contributed by atoms with Gasteiger partial charge in [0.1, 0.15) is 11.6 Å². The molecule has 2 heterocycles. The number of rotatable bonds is 5. The van der Waals surface area contributed by atoms with Gasteiger partial charge < -0.3 is 10.1 Å². The Kier molecular flexibility index (Phi) is 6.57. The van der Waals surface area contributed by atoms with E-state index in [0.717, 1.165) is 11.6 Å². The second kappa shape index (κ2) is 8.87. The third-order valence-electron chi connectivity index (χ3n) is 3.32. The monoisotopic (exact) mass is 374 g/mol. The van der Waals surface area contributed by atoms with Gasteiger partial charge in [0, 0.05) is 24.2 Å². The molecule has 134 valence electrons. The molecule has 8 heteroatoms. The van der Waals surface area contributed by atoms with E-state index in [-0.39, 0.29) is 30.3 Å². The normalized spacial score (nSPS) is 9.92. The van der Waals surface area contributed by atoms with Crippen LogP contribution in [-0.4, -0.2) is 27.5 Å². The van der Waals surface area contributed by atoms with E-state index in [1.807, 2.05) is 6.07 Å². The second-order valence-corrected chi connectivity index (χ2v) is 5.05. The molecule has 0 amide bonds. The molecule has 0 bridgehead atoms. The fourth-order valence-electron chi connectivity index (χ4n) is 2.16. The van der Waals surface area contributed by atoms with Gasteiger partial charge in [-0.1, -0.05) is 0 Å². The number of hydrogen-bond acceptors (Lipinski definition) is 6. The summed E-state index contributed by atoms with van der Waals surface area (Å²) in [5.41, 5.74) is 1.11. The van der Waals surface area contributed by atoms with Gasteiger partial charge in [-0.15, -0.1) is 12.4 Å². The number of pyridine rings is 1. The molecule has 0 aliphatic heterocycles. The molecule has 0 atom stereocenters. The molecule has 0 spiro atoms. The zero-order chi connectivity index (χ0) is 17.6. The van der Waals surface area contributed by atoms with Crippen molar-refractivity contribution in [1.29, 1.82) is 0 Å². The lowest BCUT2D eigenvalue weighted by molar-refractivity contribution is 0.0526. The summed E-state index contributed by atoms with van der Waals surface area (Å²) < 4.78 is 19.1. The van der Waals surface area contributed by atoms with Gasteiger partial charge in [0.2, 0.25) is 0 Å². The van der Waals surface area contributed by atoms with Crippen LogP contribution in [0.15, 0.2) is 55.0 Å². The Morgan fingerprint density at radius 1 is 1.23 bits per heavy atom. The van der Waals surface area contributed by atoms with Crippen LogP contribution >= 0.6 is 12.4 Å². The number of carbonyl (C=O) groups is 1. The summed E-state index contributed by atoms with van der Waals surface area (Å²) in [7, 11) is 0. The molecule has 0 saturated carbocycles. The van der Waals surface area contributed by atoms with E-state index < -0.39 is 11.8 Å². The minimum absolute atomic E-state index is 0. The Hall–Kier alpha value is -3.06. The van der Waals surface area contributed by atoms with Crippen molar-refractivity contribution in [2.75, 3.05) is 11.9 Å². The van der Waals surface area contributed by atoms with Gasteiger partial charge in [-0.25, -0.2) is 19.2 Å². The Bertz CT molecular complexity index is 893. The zero-order valence-electron chi connectivity index (χ0n) is 13.8. The number of benzene rings is 1. The number of halogens is 2. The number of carbonyl (C=O) groups excluding carboxylic acids is 1. The molecular weight excluding hydrogens is 359 g/mol. The predicted octanol–water partition coefficient (Wildman–Crippen LogP) is 4.02. The molecule has 0 aliphatic rings. The van der Waals surface area contributed by atoms with Crippen LogP contribution in [0.2, 0.25) is 0 Å². The van der Waals surface area contributed by atoms with Crippen LogP contribution in [-0.2, 0) is 4.74 Å². The number of ether oxygens (including phenoxy) is 1. The Labute approximate surface area is 155 Å². The van der Waals surface area contributed by atoms with E-state index in [0.29, 0.717) is 11.6 Å². The maximum atomic E-state index is 14.2. The molecule has 0 unspecified atom stereocenters. The quantitative estimate of drug-likeness (QED) is 0.680. The number of anilines is 2. The van der Waals surface area contributed by atoms with Crippen molar-refractivity contribution in [3.63, 3.8) is 0 Å². The van der Waals surface area contributed by atoms with Crippen molar-refractivity contribution in [2.45, 2.75) is 6.92 Å². The van der Waals surface area contributed by atoms with Crippen molar-refractivity contribution >= 4 is 29.9 Å². The van der Waals surface area contributed by atoms with Crippen molar-refractivity contribution < 1.29 is 13.9 Å². The number of hydrogen-bond donors (Lipinski definition) is 1. The molecule has 0 radical (unpaired) electrons. The van der Waals surface area contributed by atoms with Crippen molar-refractivity contribution in [3.8, 4) is 11.4 Å². The smallest absolute Gasteiger partial charge is 0.338 e. The van der Waals surface area contributed by atoms with Gasteiger partial charge >= 0.3 is 5.97 Å². The van der Waals surface area contributed by atoms with E-state index in [2.05, 4.69) is 20.3 Å². The third-order valence-corrected chi connectivity index (χ3v) is 3.32. The van der Waals surface area contributed by atoms with Crippen LogP contribution in [0.1, 0.15) is 17.3 Å². The summed E-state index contributed by atoms with van der Waals surface area (Å²) in [5.74, 6) is -0.237. The summed E-state index contributed by atoms with van der Waals surface area (Å²) in [5, 5.41) is 2.88. The topological polar surface area (TPSA) is 77.0 Å². The molecule has 1 N–H and O–H groups in total. The van der Waals surface area contributed by atoms with E-state index in [4.69, 9.17) is 4.74 Å². The van der Waals surface area contributed by atoms with Crippen LogP contribution in [0.3, 0.4) is 0 Å². The Morgan fingerprint density at radius 3 is 2.77 bits per heavy atom. The van der Waals surface area contributed by atoms with Crippen molar-refractivity contribution in [2.24, 2.45) is 0 Å². The SMILES string of the molecule is CCOC(=O)c1ccc(Nc2ccnc(-c3cccnc3)n2)c(F)c1.Cl. The largest absolute Gasteiger partial charge is 0.462 e. The Balaban J connectivity index is 0.00000243. The minimum atomic E-state index is -0.577. The fourth-order valence-corrected chi connectivity index (χ4v) is 2.16. The summed E-state index contributed by atoms with van der Waals surface area (Å²) in [6, 6.07) is 9.33. The first-order valence-corrected chi connectivity index (χ1v) is 7.64. The highest BCUT2D eigenvalue weighted by Gasteiger charge is 2.11. The average Bonchev–Trinajstić information content (AvgIpc) is 2.64. The molecule has 26 heavy (non-hydrogen) atoms. The number of nitrogens with one attached hydrogen (secondary N) is 1. The molecule has 2 aromatic heterocycles. The van der Waals surface area contributed by atoms with Crippen LogP contribution in [0.5, 0.6) is 0 Å². The molecule has 0 saturated heterocycles. The first-order valence-electron chi connectivity index (χ1n) is 7.64. The van der Waals surface area contributed by atoms with Crippen LogP contribution in [0.4, 0.5) is 15.9 Å². The lowest BCUT2D eigenvalue weighted by Gasteiger charge is -2.09. The maximum Gasteiger partial charge on any atom is 0.338 e. The molecule has 0 aliphatic carbocycles. The fraction of sp³-hybridized carbons (Fsp3) is 0.111. The zero-order valence-corrected chi connectivity index (χ0v) is 14.7. The van der Waals surface area contributed by atoms with Gasteiger partial charge in [0.05, 0.1) is 17.9 Å². The third kappa shape index (κ3) is 4.52. The Morgan fingerprint density at radius 2 is 2.08 bits per heavy atom. The first-order chi connectivity index (χ1) is 12.2. The summed E-state index contributed by atoms with van der Waals surface area (Å²) in [6.07, 6.45) is 4.88. The first kappa shape index (κ1) is 19.3. The van der Waals surface area contributed by atoms with Crippen molar-refractivity contribution in [3.05, 3.63) is 66.4 Å². The van der Waals surface area contributed by atoms with Gasteiger partial charge in [-0.05, 0) is 43.3 Å². The maximum absolute atomic E-state index is 14.2. The highest BCUT2D eigenvalue weighted by atomic mass is 35.5. The summed E-state index contributed by atoms with van der Waals surface area (Å²) in [4.78, 5) is 24.2. The molecule has 1 aromatic carbocycles. The van der Waals surface area contributed by atoms with Crippen LogP contribution < -0.4 is 5.32 Å². The molecule has 3 rings (SSSR count). The average molecular weight is 375 g/mol. The lowest BCUT2D eigenvalue weighted by Crippen LogP contribution is -2.06. The summed E-state index contributed by atoms with van der Waals surface area (Å²) >= 11 is 0. The van der Waals surface area contributed by atoms with Gasteiger partial charge in [0.15, 0.2) is 5.82 Å².